The van der Waals surface area contributed by atoms with E-state index in [9.17, 15) is 4.79 Å². The highest BCUT2D eigenvalue weighted by Crippen LogP contribution is 2.17. The van der Waals surface area contributed by atoms with E-state index in [2.05, 4.69) is 19.9 Å². The standard InChI is InChI=1S/C12H10N6O/c13-9-7-10(18-12(14)16-9)17-11(15-7)8(19)6-4-2-1-3-5-6/h1-5H,(H5,13,14,15,16,17,18). The first-order valence-corrected chi connectivity index (χ1v) is 5.53. The Hall–Kier alpha value is -2.96. The van der Waals surface area contributed by atoms with Gasteiger partial charge in [-0.25, -0.2) is 4.98 Å². The first-order valence-electron chi connectivity index (χ1n) is 5.53. The molecule has 0 atom stereocenters. The van der Waals surface area contributed by atoms with Crippen molar-refractivity contribution in [2.45, 2.75) is 0 Å². The van der Waals surface area contributed by atoms with E-state index in [0.717, 1.165) is 0 Å². The minimum absolute atomic E-state index is 0.0233. The van der Waals surface area contributed by atoms with Crippen LogP contribution < -0.4 is 11.5 Å². The van der Waals surface area contributed by atoms with E-state index in [1.807, 2.05) is 6.07 Å². The highest BCUT2D eigenvalue weighted by molar-refractivity contribution is 6.08. The number of nitrogens with zero attached hydrogens (tertiary/aromatic N) is 3. The minimum Gasteiger partial charge on any atom is -0.382 e. The maximum Gasteiger partial charge on any atom is 0.228 e. The Bertz CT molecular complexity index is 764. The molecule has 7 heteroatoms. The second-order valence-electron chi connectivity index (χ2n) is 3.95. The molecule has 0 aliphatic heterocycles. The van der Waals surface area contributed by atoms with Gasteiger partial charge in [0.15, 0.2) is 17.3 Å². The molecule has 0 unspecified atom stereocenters. The molecule has 3 rings (SSSR count). The highest BCUT2D eigenvalue weighted by Gasteiger charge is 2.16. The van der Waals surface area contributed by atoms with Crippen LogP contribution in [-0.4, -0.2) is 25.7 Å². The summed E-state index contributed by atoms with van der Waals surface area (Å²) in [6.45, 7) is 0. The number of H-pyrrole nitrogens is 1. The molecular formula is C12H10N6O. The zero-order valence-electron chi connectivity index (χ0n) is 9.79. The second kappa shape index (κ2) is 4.05. The third kappa shape index (κ3) is 1.86. The monoisotopic (exact) mass is 254 g/mol. The molecule has 0 spiro atoms. The maximum absolute atomic E-state index is 12.2. The Balaban J connectivity index is 2.12. The zero-order chi connectivity index (χ0) is 13.4. The maximum atomic E-state index is 12.2. The Morgan fingerprint density at radius 3 is 2.53 bits per heavy atom. The topological polar surface area (TPSA) is 124 Å². The fourth-order valence-electron chi connectivity index (χ4n) is 1.77. The lowest BCUT2D eigenvalue weighted by Crippen LogP contribution is -2.03. The van der Waals surface area contributed by atoms with Crippen LogP contribution >= 0.6 is 0 Å². The van der Waals surface area contributed by atoms with Crippen molar-refractivity contribution in [2.75, 3.05) is 11.5 Å². The lowest BCUT2D eigenvalue weighted by molar-refractivity contribution is 0.103. The summed E-state index contributed by atoms with van der Waals surface area (Å²) in [5.74, 6) is 0.113. The summed E-state index contributed by atoms with van der Waals surface area (Å²) in [4.78, 5) is 26.9. The number of imidazole rings is 1. The number of carbonyl (C=O) groups excluding carboxylic acids is 1. The van der Waals surface area contributed by atoms with E-state index >= 15 is 0 Å². The number of hydrogen-bond acceptors (Lipinski definition) is 6. The van der Waals surface area contributed by atoms with Crippen LogP contribution in [0, 0.1) is 0 Å². The van der Waals surface area contributed by atoms with Crippen molar-refractivity contribution in [3.8, 4) is 0 Å². The van der Waals surface area contributed by atoms with Gasteiger partial charge in [0.25, 0.3) is 0 Å². The minimum atomic E-state index is -0.239. The van der Waals surface area contributed by atoms with E-state index in [1.54, 1.807) is 24.3 Å². The summed E-state index contributed by atoms with van der Waals surface area (Å²) in [6.07, 6.45) is 0. The third-order valence-electron chi connectivity index (χ3n) is 2.65. The number of ketones is 1. The highest BCUT2D eigenvalue weighted by atomic mass is 16.1. The van der Waals surface area contributed by atoms with Gasteiger partial charge in [0.05, 0.1) is 0 Å². The average molecular weight is 254 g/mol. The van der Waals surface area contributed by atoms with Crippen LogP contribution in [-0.2, 0) is 0 Å². The Morgan fingerprint density at radius 1 is 1.05 bits per heavy atom. The lowest BCUT2D eigenvalue weighted by atomic mass is 10.1. The van der Waals surface area contributed by atoms with Gasteiger partial charge < -0.3 is 16.5 Å². The molecule has 0 bridgehead atoms. The fraction of sp³-hybridized carbons (Fsp3) is 0. The van der Waals surface area contributed by atoms with E-state index in [-0.39, 0.29) is 29.0 Å². The van der Waals surface area contributed by atoms with Crippen LogP contribution in [0.25, 0.3) is 11.2 Å². The van der Waals surface area contributed by atoms with Gasteiger partial charge in [-0.2, -0.15) is 9.97 Å². The lowest BCUT2D eigenvalue weighted by Gasteiger charge is -1.95. The van der Waals surface area contributed by atoms with Crippen LogP contribution in [0.15, 0.2) is 30.3 Å². The molecule has 19 heavy (non-hydrogen) atoms. The molecule has 0 amide bonds. The first-order chi connectivity index (χ1) is 9.15. The second-order valence-corrected chi connectivity index (χ2v) is 3.95. The number of anilines is 2. The van der Waals surface area contributed by atoms with Gasteiger partial charge in [-0.1, -0.05) is 30.3 Å². The molecular weight excluding hydrogens is 244 g/mol. The van der Waals surface area contributed by atoms with E-state index < -0.39 is 0 Å². The quantitative estimate of drug-likeness (QED) is 0.580. The molecule has 0 aliphatic rings. The van der Waals surface area contributed by atoms with Crippen molar-refractivity contribution in [1.29, 1.82) is 0 Å². The Morgan fingerprint density at radius 2 is 1.79 bits per heavy atom. The summed E-state index contributed by atoms with van der Waals surface area (Å²) in [5, 5.41) is 0. The summed E-state index contributed by atoms with van der Waals surface area (Å²) in [5.41, 5.74) is 12.4. The first kappa shape index (κ1) is 11.1. The smallest absolute Gasteiger partial charge is 0.228 e. The van der Waals surface area contributed by atoms with Crippen molar-refractivity contribution in [3.63, 3.8) is 0 Å². The number of carbonyl (C=O) groups is 1. The van der Waals surface area contributed by atoms with E-state index in [1.165, 1.54) is 0 Å². The van der Waals surface area contributed by atoms with Gasteiger partial charge in [-0.15, -0.1) is 0 Å². The summed E-state index contributed by atoms with van der Waals surface area (Å²) in [7, 11) is 0. The van der Waals surface area contributed by atoms with Crippen molar-refractivity contribution in [1.82, 2.24) is 19.9 Å². The molecule has 0 aliphatic carbocycles. The average Bonchev–Trinajstić information content (AvgIpc) is 2.83. The predicted molar refractivity (Wildman–Crippen MR) is 70.4 cm³/mol. The number of nitrogen functional groups attached to an aromatic ring is 2. The molecule has 2 heterocycles. The number of fused-ring (bicyclic) bond motifs is 1. The number of aromatic nitrogens is 4. The summed E-state index contributed by atoms with van der Waals surface area (Å²) in [6, 6.07) is 8.81. The largest absolute Gasteiger partial charge is 0.382 e. The molecule has 5 N–H and O–H groups in total. The van der Waals surface area contributed by atoms with Crippen LogP contribution in [0.5, 0.6) is 0 Å². The molecule has 0 saturated heterocycles. The molecule has 0 radical (unpaired) electrons. The molecule has 0 fully saturated rings. The van der Waals surface area contributed by atoms with Gasteiger partial charge in [0, 0.05) is 5.56 Å². The zero-order valence-corrected chi connectivity index (χ0v) is 9.79. The molecule has 2 aromatic heterocycles. The van der Waals surface area contributed by atoms with Gasteiger partial charge in [0.2, 0.25) is 11.7 Å². The molecule has 3 aromatic rings. The summed E-state index contributed by atoms with van der Waals surface area (Å²) >= 11 is 0. The van der Waals surface area contributed by atoms with Gasteiger partial charge in [-0.05, 0) is 0 Å². The fourth-order valence-corrected chi connectivity index (χ4v) is 1.77. The number of rotatable bonds is 2. The van der Waals surface area contributed by atoms with Crippen molar-refractivity contribution >= 4 is 28.7 Å². The van der Waals surface area contributed by atoms with Crippen LogP contribution in [0.1, 0.15) is 16.2 Å². The third-order valence-corrected chi connectivity index (χ3v) is 2.65. The van der Waals surface area contributed by atoms with Crippen LogP contribution in [0.3, 0.4) is 0 Å². The molecule has 7 nitrogen and oxygen atoms in total. The molecule has 1 aromatic carbocycles. The number of nitrogens with one attached hydrogen (secondary N) is 1. The normalized spacial score (nSPS) is 10.7. The van der Waals surface area contributed by atoms with Crippen LogP contribution in [0.4, 0.5) is 11.8 Å². The summed E-state index contributed by atoms with van der Waals surface area (Å²) < 4.78 is 0. The van der Waals surface area contributed by atoms with Crippen molar-refractivity contribution in [3.05, 3.63) is 41.7 Å². The van der Waals surface area contributed by atoms with E-state index in [0.29, 0.717) is 11.1 Å². The van der Waals surface area contributed by atoms with Gasteiger partial charge in [0.1, 0.15) is 5.52 Å². The molecule has 94 valence electrons. The SMILES string of the molecule is Nc1nc(N)c2[nH]c(C(=O)c3ccccc3)nc2n1. The number of benzene rings is 1. The van der Waals surface area contributed by atoms with Crippen molar-refractivity contribution < 1.29 is 4.79 Å². The Labute approximate surface area is 107 Å². The van der Waals surface area contributed by atoms with Crippen molar-refractivity contribution in [2.24, 2.45) is 0 Å². The van der Waals surface area contributed by atoms with Crippen LogP contribution in [0.2, 0.25) is 0 Å². The predicted octanol–water partition coefficient (Wildman–Crippen LogP) is 0.748. The van der Waals surface area contributed by atoms with E-state index in [4.69, 9.17) is 11.5 Å². The van der Waals surface area contributed by atoms with Gasteiger partial charge >= 0.3 is 0 Å². The Kier molecular flexibility index (Phi) is 2.38. The number of aromatic amines is 1. The molecule has 0 saturated carbocycles. The number of hydrogen-bond donors (Lipinski definition) is 3. The number of nitrogens with two attached hydrogens (primary N) is 2. The van der Waals surface area contributed by atoms with Gasteiger partial charge in [-0.3, -0.25) is 4.79 Å².